The molecule has 0 fully saturated rings. The average molecular weight is 219 g/mol. The lowest BCUT2D eigenvalue weighted by Crippen LogP contribution is -1.95. The second-order valence-electron chi connectivity index (χ2n) is 2.26. The zero-order valence-electron chi connectivity index (χ0n) is 6.53. The number of benzene rings is 1. The van der Waals surface area contributed by atoms with Gasteiger partial charge in [0.25, 0.3) is 5.69 Å². The van der Waals surface area contributed by atoms with Crippen molar-refractivity contribution in [3.63, 3.8) is 0 Å². The fraction of sp³-hybridized carbons (Fsp3) is 0.143. The number of hydrogen-bond acceptors (Lipinski definition) is 4. The van der Waals surface area contributed by atoms with Crippen LogP contribution in [0.1, 0.15) is 0 Å². The Hall–Kier alpha value is -0.940. The molecule has 1 aromatic carbocycles. The first kappa shape index (κ1) is 10.1. The van der Waals surface area contributed by atoms with Crippen molar-refractivity contribution in [3.8, 4) is 0 Å². The molecule has 0 radical (unpaired) electrons. The highest BCUT2D eigenvalue weighted by atomic mass is 35.5. The van der Waals surface area contributed by atoms with Crippen LogP contribution < -0.4 is 5.32 Å². The van der Waals surface area contributed by atoms with Crippen molar-refractivity contribution in [1.29, 1.82) is 0 Å². The fourth-order valence-electron chi connectivity index (χ4n) is 0.856. The first-order valence-corrected chi connectivity index (χ1v) is 4.45. The standard InChI is InChI=1S/C7H7ClN2O2S/c8-6-3-5(9-4-13)1-2-7(6)10(11)12/h1-3,9,13H,4H2. The van der Waals surface area contributed by atoms with Gasteiger partial charge in [-0.3, -0.25) is 10.1 Å². The van der Waals surface area contributed by atoms with Crippen molar-refractivity contribution >= 4 is 35.6 Å². The minimum absolute atomic E-state index is 0.0913. The minimum atomic E-state index is -0.521. The van der Waals surface area contributed by atoms with Crippen LogP contribution in [0.2, 0.25) is 5.02 Å². The number of halogens is 1. The van der Waals surface area contributed by atoms with E-state index >= 15 is 0 Å². The van der Waals surface area contributed by atoms with Gasteiger partial charge in [-0.2, -0.15) is 12.6 Å². The number of anilines is 1. The second-order valence-corrected chi connectivity index (χ2v) is 2.98. The summed E-state index contributed by atoms with van der Waals surface area (Å²) in [6, 6.07) is 4.43. The zero-order chi connectivity index (χ0) is 9.84. The summed E-state index contributed by atoms with van der Waals surface area (Å²) in [6.45, 7) is 0. The predicted molar refractivity (Wildman–Crippen MR) is 55.6 cm³/mol. The number of nitrogens with one attached hydrogen (secondary N) is 1. The molecule has 6 heteroatoms. The molecule has 0 amide bonds. The third-order valence-electron chi connectivity index (χ3n) is 1.43. The van der Waals surface area contributed by atoms with E-state index in [1.165, 1.54) is 12.1 Å². The SMILES string of the molecule is O=[N+]([O-])c1ccc(NCS)cc1Cl. The number of nitrogens with zero attached hydrogens (tertiary/aromatic N) is 1. The summed E-state index contributed by atoms with van der Waals surface area (Å²) in [5, 5.41) is 13.4. The molecule has 0 aliphatic carbocycles. The third kappa shape index (κ3) is 2.50. The number of hydrogen-bond donors (Lipinski definition) is 2. The molecule has 0 spiro atoms. The van der Waals surface area contributed by atoms with E-state index < -0.39 is 4.92 Å². The number of nitro groups is 1. The molecular formula is C7H7ClN2O2S. The molecule has 1 N–H and O–H groups in total. The van der Waals surface area contributed by atoms with Crippen LogP contribution in [0.3, 0.4) is 0 Å². The monoisotopic (exact) mass is 218 g/mol. The molecule has 0 heterocycles. The molecule has 0 aromatic heterocycles. The first-order valence-electron chi connectivity index (χ1n) is 3.44. The van der Waals surface area contributed by atoms with E-state index in [1.54, 1.807) is 6.07 Å². The van der Waals surface area contributed by atoms with E-state index in [0.29, 0.717) is 11.6 Å². The van der Waals surface area contributed by atoms with E-state index in [-0.39, 0.29) is 10.7 Å². The van der Waals surface area contributed by atoms with E-state index in [4.69, 9.17) is 11.6 Å². The van der Waals surface area contributed by atoms with Crippen LogP contribution in [0.4, 0.5) is 11.4 Å². The van der Waals surface area contributed by atoms with Crippen LogP contribution in [-0.4, -0.2) is 10.8 Å². The smallest absolute Gasteiger partial charge is 0.288 e. The lowest BCUT2D eigenvalue weighted by atomic mass is 10.3. The summed E-state index contributed by atoms with van der Waals surface area (Å²) in [5.74, 6) is 0.453. The molecule has 13 heavy (non-hydrogen) atoms. The van der Waals surface area contributed by atoms with Crippen molar-refractivity contribution in [2.75, 3.05) is 11.2 Å². The Morgan fingerprint density at radius 2 is 2.31 bits per heavy atom. The van der Waals surface area contributed by atoms with Gasteiger partial charge < -0.3 is 5.32 Å². The van der Waals surface area contributed by atoms with Crippen LogP contribution in [-0.2, 0) is 0 Å². The Morgan fingerprint density at radius 3 is 2.77 bits per heavy atom. The Bertz CT molecular complexity index is 332. The van der Waals surface area contributed by atoms with E-state index in [2.05, 4.69) is 17.9 Å². The summed E-state index contributed by atoms with van der Waals surface area (Å²) < 4.78 is 0. The number of nitro benzene ring substituents is 1. The first-order chi connectivity index (χ1) is 6.15. The van der Waals surface area contributed by atoms with Gasteiger partial charge in [-0.15, -0.1) is 0 Å². The largest absolute Gasteiger partial charge is 0.376 e. The maximum atomic E-state index is 10.4. The number of rotatable bonds is 3. The quantitative estimate of drug-likeness (QED) is 0.355. The van der Waals surface area contributed by atoms with Gasteiger partial charge in [0, 0.05) is 11.8 Å². The highest BCUT2D eigenvalue weighted by molar-refractivity contribution is 7.80. The highest BCUT2D eigenvalue weighted by Gasteiger charge is 2.11. The second kappa shape index (κ2) is 4.34. The molecule has 4 nitrogen and oxygen atoms in total. The van der Waals surface area contributed by atoms with Crippen molar-refractivity contribution in [1.82, 2.24) is 0 Å². The minimum Gasteiger partial charge on any atom is -0.376 e. The molecule has 0 bridgehead atoms. The predicted octanol–water partition coefficient (Wildman–Crippen LogP) is 2.55. The summed E-state index contributed by atoms with van der Waals surface area (Å²) >= 11 is 9.60. The molecule has 70 valence electrons. The van der Waals surface area contributed by atoms with Crippen LogP contribution in [0.25, 0.3) is 0 Å². The van der Waals surface area contributed by atoms with Gasteiger partial charge in [0.2, 0.25) is 0 Å². The zero-order valence-corrected chi connectivity index (χ0v) is 8.18. The average Bonchev–Trinajstić information content (AvgIpc) is 2.04. The molecule has 0 saturated carbocycles. The Kier molecular flexibility index (Phi) is 3.39. The fourth-order valence-corrected chi connectivity index (χ4v) is 1.29. The van der Waals surface area contributed by atoms with Gasteiger partial charge >= 0.3 is 0 Å². The molecule has 0 unspecified atom stereocenters. The van der Waals surface area contributed by atoms with Crippen LogP contribution >= 0.6 is 24.2 Å². The molecule has 0 aliphatic rings. The van der Waals surface area contributed by atoms with E-state index in [9.17, 15) is 10.1 Å². The lowest BCUT2D eigenvalue weighted by molar-refractivity contribution is -0.384. The Balaban J connectivity index is 2.98. The summed E-state index contributed by atoms with van der Waals surface area (Å²) in [4.78, 5) is 9.86. The summed E-state index contributed by atoms with van der Waals surface area (Å²) in [7, 11) is 0. The molecule has 1 rings (SSSR count). The van der Waals surface area contributed by atoms with Gasteiger partial charge in [-0.25, -0.2) is 0 Å². The summed E-state index contributed by atoms with van der Waals surface area (Å²) in [6.07, 6.45) is 0. The van der Waals surface area contributed by atoms with E-state index in [0.717, 1.165) is 0 Å². The normalized spacial score (nSPS) is 9.69. The Morgan fingerprint density at radius 1 is 1.62 bits per heavy atom. The number of thiol groups is 1. The Labute approximate surface area is 85.5 Å². The molecular weight excluding hydrogens is 212 g/mol. The van der Waals surface area contributed by atoms with Gasteiger partial charge in [-0.1, -0.05) is 11.6 Å². The molecule has 0 aliphatic heterocycles. The topological polar surface area (TPSA) is 55.2 Å². The maximum Gasteiger partial charge on any atom is 0.288 e. The van der Waals surface area contributed by atoms with E-state index in [1.807, 2.05) is 0 Å². The van der Waals surface area contributed by atoms with Crippen molar-refractivity contribution < 1.29 is 4.92 Å². The third-order valence-corrected chi connectivity index (χ3v) is 1.89. The summed E-state index contributed by atoms with van der Waals surface area (Å²) in [5.41, 5.74) is 0.622. The van der Waals surface area contributed by atoms with Crippen LogP contribution in [0.15, 0.2) is 18.2 Å². The van der Waals surface area contributed by atoms with Gasteiger partial charge in [0.05, 0.1) is 10.8 Å². The van der Waals surface area contributed by atoms with Gasteiger partial charge in [0.1, 0.15) is 5.02 Å². The van der Waals surface area contributed by atoms with Crippen molar-refractivity contribution in [2.24, 2.45) is 0 Å². The van der Waals surface area contributed by atoms with Gasteiger partial charge in [0.15, 0.2) is 0 Å². The molecule has 1 aromatic rings. The van der Waals surface area contributed by atoms with Gasteiger partial charge in [-0.05, 0) is 12.1 Å². The highest BCUT2D eigenvalue weighted by Crippen LogP contribution is 2.26. The lowest BCUT2D eigenvalue weighted by Gasteiger charge is -2.02. The van der Waals surface area contributed by atoms with Crippen LogP contribution in [0, 0.1) is 10.1 Å². The molecule has 0 atom stereocenters. The van der Waals surface area contributed by atoms with Crippen molar-refractivity contribution in [3.05, 3.63) is 33.3 Å². The van der Waals surface area contributed by atoms with Crippen LogP contribution in [0.5, 0.6) is 0 Å². The maximum absolute atomic E-state index is 10.4. The van der Waals surface area contributed by atoms with Crippen molar-refractivity contribution in [2.45, 2.75) is 0 Å². The molecule has 0 saturated heterocycles.